The van der Waals surface area contributed by atoms with Crippen molar-refractivity contribution in [3.63, 3.8) is 0 Å². The second-order valence-corrected chi connectivity index (χ2v) is 4.24. The first kappa shape index (κ1) is 14.6. The van der Waals surface area contributed by atoms with Crippen molar-refractivity contribution in [3.8, 4) is 6.07 Å². The number of halogens is 3. The van der Waals surface area contributed by atoms with Gasteiger partial charge < -0.3 is 5.32 Å². The molecule has 2 aromatic carbocycles. The van der Waals surface area contributed by atoms with E-state index < -0.39 is 29.8 Å². The van der Waals surface area contributed by atoms with Crippen LogP contribution in [0.3, 0.4) is 0 Å². The van der Waals surface area contributed by atoms with Gasteiger partial charge in [-0.1, -0.05) is 12.1 Å². The fourth-order valence-electron chi connectivity index (χ4n) is 1.74. The van der Waals surface area contributed by atoms with Crippen LogP contribution in [0.25, 0.3) is 0 Å². The Morgan fingerprint density at radius 2 is 1.90 bits per heavy atom. The lowest BCUT2D eigenvalue weighted by molar-refractivity contribution is -0.115. The number of carbonyl (C=O) groups is 1. The first-order valence-electron chi connectivity index (χ1n) is 5.93. The van der Waals surface area contributed by atoms with Gasteiger partial charge in [-0.2, -0.15) is 5.26 Å². The first-order valence-corrected chi connectivity index (χ1v) is 5.93. The van der Waals surface area contributed by atoms with E-state index >= 15 is 0 Å². The Hall–Kier alpha value is -2.81. The highest BCUT2D eigenvalue weighted by Crippen LogP contribution is 2.17. The number of amides is 1. The molecule has 0 bridgehead atoms. The number of nitriles is 1. The summed E-state index contributed by atoms with van der Waals surface area (Å²) in [5.41, 5.74) is -0.140. The van der Waals surface area contributed by atoms with Crippen molar-refractivity contribution in [2.45, 2.75) is 6.42 Å². The second-order valence-electron chi connectivity index (χ2n) is 4.24. The number of benzene rings is 2. The molecule has 1 amide bonds. The maximum Gasteiger partial charge on any atom is 0.228 e. The SMILES string of the molecule is N#Cc1ccc(NC(=O)Cc2cccc(F)c2F)c(F)c1. The van der Waals surface area contributed by atoms with E-state index in [1.54, 1.807) is 6.07 Å². The number of hydrogen-bond donors (Lipinski definition) is 1. The molecule has 2 aromatic rings. The van der Waals surface area contributed by atoms with Gasteiger partial charge in [-0.05, 0) is 24.3 Å². The molecule has 0 aromatic heterocycles. The van der Waals surface area contributed by atoms with Crippen molar-refractivity contribution in [2.75, 3.05) is 5.32 Å². The molecule has 0 unspecified atom stereocenters. The molecule has 1 N–H and O–H groups in total. The maximum absolute atomic E-state index is 13.6. The van der Waals surface area contributed by atoms with Crippen LogP contribution in [-0.4, -0.2) is 5.91 Å². The van der Waals surface area contributed by atoms with E-state index in [9.17, 15) is 18.0 Å². The molecular formula is C15H9F3N2O. The molecule has 6 heteroatoms. The number of hydrogen-bond acceptors (Lipinski definition) is 2. The van der Waals surface area contributed by atoms with Gasteiger partial charge in [-0.15, -0.1) is 0 Å². The van der Waals surface area contributed by atoms with Gasteiger partial charge in [0.1, 0.15) is 5.82 Å². The number of anilines is 1. The van der Waals surface area contributed by atoms with E-state index in [-0.39, 0.29) is 16.8 Å². The third-order valence-corrected chi connectivity index (χ3v) is 2.75. The van der Waals surface area contributed by atoms with Crippen LogP contribution in [0.2, 0.25) is 0 Å². The van der Waals surface area contributed by atoms with Gasteiger partial charge in [-0.25, -0.2) is 13.2 Å². The summed E-state index contributed by atoms with van der Waals surface area (Å²) in [7, 11) is 0. The first-order chi connectivity index (χ1) is 10.0. The quantitative estimate of drug-likeness (QED) is 0.944. The zero-order valence-corrected chi connectivity index (χ0v) is 10.7. The summed E-state index contributed by atoms with van der Waals surface area (Å²) < 4.78 is 40.0. The number of nitrogens with zero attached hydrogens (tertiary/aromatic N) is 1. The van der Waals surface area contributed by atoms with Gasteiger partial charge in [0.15, 0.2) is 11.6 Å². The third-order valence-electron chi connectivity index (χ3n) is 2.75. The van der Waals surface area contributed by atoms with Crippen molar-refractivity contribution in [2.24, 2.45) is 0 Å². The summed E-state index contributed by atoms with van der Waals surface area (Å²) in [4.78, 5) is 11.7. The monoisotopic (exact) mass is 290 g/mol. The lowest BCUT2D eigenvalue weighted by atomic mass is 10.1. The molecule has 106 valence electrons. The van der Waals surface area contributed by atoms with E-state index in [4.69, 9.17) is 5.26 Å². The Bertz CT molecular complexity index is 738. The van der Waals surface area contributed by atoms with Gasteiger partial charge in [0, 0.05) is 5.56 Å². The molecule has 0 aliphatic carbocycles. The summed E-state index contributed by atoms with van der Waals surface area (Å²) in [5, 5.41) is 10.8. The Labute approximate surface area is 118 Å². The fourth-order valence-corrected chi connectivity index (χ4v) is 1.74. The van der Waals surface area contributed by atoms with Gasteiger partial charge in [-0.3, -0.25) is 4.79 Å². The molecule has 0 saturated heterocycles. The molecule has 0 aliphatic heterocycles. The summed E-state index contributed by atoms with van der Waals surface area (Å²) in [6.45, 7) is 0. The number of nitrogens with one attached hydrogen (secondary N) is 1. The van der Waals surface area contributed by atoms with Crippen molar-refractivity contribution in [1.82, 2.24) is 0 Å². The summed E-state index contributed by atoms with van der Waals surface area (Å²) in [6, 6.07) is 8.79. The molecule has 21 heavy (non-hydrogen) atoms. The largest absolute Gasteiger partial charge is 0.323 e. The Morgan fingerprint density at radius 1 is 1.14 bits per heavy atom. The predicted molar refractivity (Wildman–Crippen MR) is 69.8 cm³/mol. The standard InChI is InChI=1S/C15H9F3N2O/c16-11-3-1-2-10(15(11)18)7-14(21)20-13-5-4-9(8-19)6-12(13)17/h1-6H,7H2,(H,20,21). The van der Waals surface area contributed by atoms with E-state index in [1.807, 2.05) is 0 Å². The molecule has 2 rings (SSSR count). The minimum Gasteiger partial charge on any atom is -0.323 e. The van der Waals surface area contributed by atoms with Crippen molar-refractivity contribution in [1.29, 1.82) is 5.26 Å². The van der Waals surface area contributed by atoms with Gasteiger partial charge >= 0.3 is 0 Å². The smallest absolute Gasteiger partial charge is 0.228 e. The summed E-state index contributed by atoms with van der Waals surface area (Å²) >= 11 is 0. The Morgan fingerprint density at radius 3 is 2.57 bits per heavy atom. The van der Waals surface area contributed by atoms with Crippen LogP contribution in [0.1, 0.15) is 11.1 Å². The number of carbonyl (C=O) groups excluding carboxylic acids is 1. The lowest BCUT2D eigenvalue weighted by Gasteiger charge is -2.07. The van der Waals surface area contributed by atoms with Crippen molar-refractivity contribution in [3.05, 3.63) is 65.0 Å². The molecule has 0 fully saturated rings. The minimum atomic E-state index is -1.10. The van der Waals surface area contributed by atoms with Crippen LogP contribution in [0.4, 0.5) is 18.9 Å². The highest BCUT2D eigenvalue weighted by atomic mass is 19.2. The fraction of sp³-hybridized carbons (Fsp3) is 0.0667. The third kappa shape index (κ3) is 3.39. The van der Waals surface area contributed by atoms with Gasteiger partial charge in [0.2, 0.25) is 5.91 Å². The Balaban J connectivity index is 2.12. The van der Waals surface area contributed by atoms with Crippen LogP contribution < -0.4 is 5.32 Å². The van der Waals surface area contributed by atoms with Gasteiger partial charge in [0.05, 0.1) is 23.7 Å². The predicted octanol–water partition coefficient (Wildman–Crippen LogP) is 3.16. The van der Waals surface area contributed by atoms with E-state index in [1.165, 1.54) is 24.3 Å². The molecule has 0 radical (unpaired) electrons. The minimum absolute atomic E-state index is 0.113. The second kappa shape index (κ2) is 6.09. The summed E-state index contributed by atoms with van der Waals surface area (Å²) in [6.07, 6.45) is -0.428. The van der Waals surface area contributed by atoms with E-state index in [2.05, 4.69) is 5.32 Å². The molecular weight excluding hydrogens is 281 g/mol. The molecule has 0 atom stereocenters. The average molecular weight is 290 g/mol. The molecule has 0 spiro atoms. The topological polar surface area (TPSA) is 52.9 Å². The molecule has 0 saturated carbocycles. The normalized spacial score (nSPS) is 10.0. The van der Waals surface area contributed by atoms with Crippen LogP contribution in [0.15, 0.2) is 36.4 Å². The van der Waals surface area contributed by atoms with Crippen LogP contribution >= 0.6 is 0 Å². The molecule has 3 nitrogen and oxygen atoms in total. The van der Waals surface area contributed by atoms with Crippen LogP contribution in [0, 0.1) is 28.8 Å². The zero-order chi connectivity index (χ0) is 15.4. The summed E-state index contributed by atoms with van der Waals surface area (Å²) in [5.74, 6) is -3.62. The van der Waals surface area contributed by atoms with E-state index in [0.29, 0.717) is 0 Å². The van der Waals surface area contributed by atoms with E-state index in [0.717, 1.165) is 12.1 Å². The lowest BCUT2D eigenvalue weighted by Crippen LogP contribution is -2.16. The maximum atomic E-state index is 13.6. The van der Waals surface area contributed by atoms with Gasteiger partial charge in [0.25, 0.3) is 0 Å². The number of rotatable bonds is 3. The molecule has 0 heterocycles. The van der Waals surface area contributed by atoms with Crippen LogP contribution in [0.5, 0.6) is 0 Å². The van der Waals surface area contributed by atoms with Crippen molar-refractivity contribution >= 4 is 11.6 Å². The Kier molecular flexibility index (Phi) is 4.24. The zero-order valence-electron chi connectivity index (χ0n) is 10.7. The average Bonchev–Trinajstić information content (AvgIpc) is 2.46. The highest BCUT2D eigenvalue weighted by molar-refractivity contribution is 5.92. The van der Waals surface area contributed by atoms with Crippen LogP contribution in [-0.2, 0) is 11.2 Å². The molecule has 0 aliphatic rings. The highest BCUT2D eigenvalue weighted by Gasteiger charge is 2.13. The van der Waals surface area contributed by atoms with Crippen molar-refractivity contribution < 1.29 is 18.0 Å².